The van der Waals surface area contributed by atoms with Crippen LogP contribution < -0.4 is 0 Å². The first-order chi connectivity index (χ1) is 27.0. The van der Waals surface area contributed by atoms with Crippen molar-refractivity contribution < 1.29 is 0 Å². The van der Waals surface area contributed by atoms with E-state index < -0.39 is 32.3 Å². The van der Waals surface area contributed by atoms with E-state index in [2.05, 4.69) is 141 Å². The van der Waals surface area contributed by atoms with Crippen molar-refractivity contribution >= 4 is 96.7 Å². The molecule has 0 amide bonds. The molecule has 6 heteroatoms. The van der Waals surface area contributed by atoms with Crippen LogP contribution in [0.4, 0.5) is 0 Å². The quantitative estimate of drug-likeness (QED) is 0.0428. The van der Waals surface area contributed by atoms with Crippen LogP contribution in [0.1, 0.15) is 105 Å². The largest absolute Gasteiger partial charge is 0.143 e. The van der Waals surface area contributed by atoms with Crippen molar-refractivity contribution in [3.05, 3.63) is 57.3 Å². The Kier molecular flexibility index (Phi) is 16.5. The molecule has 0 fully saturated rings. The van der Waals surface area contributed by atoms with E-state index in [4.69, 9.17) is 0 Å². The first-order valence-electron chi connectivity index (χ1n) is 23.8. The molecule has 5 rings (SSSR count). The van der Waals surface area contributed by atoms with E-state index in [1.54, 1.807) is 64.0 Å². The van der Waals surface area contributed by atoms with Crippen LogP contribution in [0.2, 0.25) is 96.7 Å². The van der Waals surface area contributed by atoms with Crippen LogP contribution in [0.15, 0.2) is 35.0 Å². The van der Waals surface area contributed by atoms with Crippen LogP contribution in [0.3, 0.4) is 0 Å². The standard InChI is InChI=1S/C50H82S2Si4/c1-13-53(14-2,15-3)33-27-39-41-25-31-51-49(41)43(29-35-55(19-7,20-8)21-9)47-38-46-40(28-34-54(16-4,17-5)18-6)42-26-32-52-50(42)44(48(46)37-45(39)47)30-36-56(22-10,23-11)24-12/h25-26,31-32,37-38H,13-24,27-30,33-36H2,1-12H3. The second-order valence-corrected chi connectivity index (χ2v) is 42.7. The Bertz CT molecular complexity index is 1700. The van der Waals surface area contributed by atoms with Gasteiger partial charge in [-0.3, -0.25) is 0 Å². The summed E-state index contributed by atoms with van der Waals surface area (Å²) in [4.78, 5) is 0. The van der Waals surface area contributed by atoms with Crippen molar-refractivity contribution in [1.82, 2.24) is 0 Å². The van der Waals surface area contributed by atoms with E-state index in [9.17, 15) is 0 Å². The summed E-state index contributed by atoms with van der Waals surface area (Å²) in [6.45, 7) is 30.2. The van der Waals surface area contributed by atoms with Crippen molar-refractivity contribution in [2.45, 2.75) is 205 Å². The lowest BCUT2D eigenvalue weighted by molar-refractivity contribution is 1.03. The molecule has 56 heavy (non-hydrogen) atoms. The smallest absolute Gasteiger partial charge is 0.0530 e. The molecule has 310 valence electrons. The predicted molar refractivity (Wildman–Crippen MR) is 275 cm³/mol. The molecule has 0 nitrogen and oxygen atoms in total. The molecule has 5 aromatic rings. The molecule has 0 spiro atoms. The fraction of sp³-hybridized carbons (Fsp3) is 0.640. The molecule has 3 aromatic carbocycles. The fourth-order valence-corrected chi connectivity index (χ4v) is 26.8. The van der Waals surface area contributed by atoms with Gasteiger partial charge in [-0.1, -0.05) is 180 Å². The van der Waals surface area contributed by atoms with Gasteiger partial charge in [-0.15, -0.1) is 22.7 Å². The Morgan fingerprint density at radius 1 is 0.321 bits per heavy atom. The molecule has 0 N–H and O–H groups in total. The van der Waals surface area contributed by atoms with Crippen molar-refractivity contribution in [2.75, 3.05) is 0 Å². The zero-order chi connectivity index (χ0) is 40.7. The third-order valence-electron chi connectivity index (χ3n) is 17.6. The minimum absolute atomic E-state index is 1.26. The SMILES string of the molecule is CC[Si](CC)(CC)CCc1c2cc3c(CC[Si](CC)(CC)CC)c4sccc4c(CC[Si](CC)(CC)CC)c3cc2c(CC[Si](CC)(CC)CC)c2sccc12. The number of fused-ring (bicyclic) bond motifs is 4. The summed E-state index contributed by atoms with van der Waals surface area (Å²) in [5, 5.41) is 14.7. The summed E-state index contributed by atoms with van der Waals surface area (Å²) in [6, 6.07) is 33.5. The third kappa shape index (κ3) is 8.87. The Morgan fingerprint density at radius 3 is 0.804 bits per heavy atom. The highest BCUT2D eigenvalue weighted by Crippen LogP contribution is 2.46. The average Bonchev–Trinajstić information content (AvgIpc) is 3.94. The second-order valence-electron chi connectivity index (χ2n) is 18.4. The van der Waals surface area contributed by atoms with Crippen LogP contribution in [0.25, 0.3) is 41.7 Å². The van der Waals surface area contributed by atoms with Gasteiger partial charge in [0.15, 0.2) is 0 Å². The molecule has 0 aliphatic carbocycles. The molecule has 2 heterocycles. The third-order valence-corrected chi connectivity index (χ3v) is 42.8. The molecule has 2 aromatic heterocycles. The Balaban J connectivity index is 1.89. The minimum atomic E-state index is -1.29. The molecule has 0 aliphatic rings. The Hall–Kier alpha value is -1.03. The van der Waals surface area contributed by atoms with Crippen LogP contribution in [-0.4, -0.2) is 32.3 Å². The van der Waals surface area contributed by atoms with Crippen molar-refractivity contribution in [3.63, 3.8) is 0 Å². The average molecular weight is 860 g/mol. The maximum Gasteiger partial charge on any atom is 0.0530 e. The molecule has 0 radical (unpaired) electrons. The molecule has 0 atom stereocenters. The van der Waals surface area contributed by atoms with Gasteiger partial charge >= 0.3 is 0 Å². The molecule has 0 saturated carbocycles. The monoisotopic (exact) mass is 858 g/mol. The predicted octanol–water partition coefficient (Wildman–Crippen LogP) is 18.6. The zero-order valence-electron chi connectivity index (χ0n) is 38.4. The number of benzene rings is 3. The van der Waals surface area contributed by atoms with Gasteiger partial charge in [0.05, 0.1) is 32.3 Å². The molecule has 0 bridgehead atoms. The van der Waals surface area contributed by atoms with E-state index in [1.807, 2.05) is 0 Å². The van der Waals surface area contributed by atoms with Gasteiger partial charge in [0.1, 0.15) is 0 Å². The number of rotatable bonds is 24. The van der Waals surface area contributed by atoms with Crippen LogP contribution in [0.5, 0.6) is 0 Å². The van der Waals surface area contributed by atoms with Gasteiger partial charge in [0, 0.05) is 9.40 Å². The summed E-state index contributed by atoms with van der Waals surface area (Å²) in [7, 11) is -5.16. The maximum absolute atomic E-state index is 2.84. The second kappa shape index (κ2) is 20.0. The van der Waals surface area contributed by atoms with Gasteiger partial charge < -0.3 is 0 Å². The van der Waals surface area contributed by atoms with E-state index in [0.29, 0.717) is 0 Å². The van der Waals surface area contributed by atoms with Gasteiger partial charge in [-0.05, 0) is 115 Å². The van der Waals surface area contributed by atoms with E-state index in [0.717, 1.165) is 0 Å². The van der Waals surface area contributed by atoms with E-state index in [-0.39, 0.29) is 0 Å². The summed E-state index contributed by atoms with van der Waals surface area (Å²) < 4.78 is 3.26. The molecule has 0 aliphatic heterocycles. The van der Waals surface area contributed by atoms with E-state index >= 15 is 0 Å². The summed E-state index contributed by atoms with van der Waals surface area (Å²) >= 11 is 4.13. The number of aryl methyl sites for hydroxylation is 4. The van der Waals surface area contributed by atoms with Gasteiger partial charge in [0.2, 0.25) is 0 Å². The van der Waals surface area contributed by atoms with Crippen LogP contribution in [0, 0.1) is 0 Å². The first kappa shape index (κ1) is 46.0. The number of thiophene rings is 2. The highest BCUT2D eigenvalue weighted by Gasteiger charge is 2.32. The van der Waals surface area contributed by atoms with Crippen LogP contribution >= 0.6 is 22.7 Å². The first-order valence-corrected chi connectivity index (χ1v) is 36.9. The lowest BCUT2D eigenvalue weighted by Crippen LogP contribution is -2.32. The summed E-state index contributed by atoms with van der Waals surface area (Å²) in [6.07, 6.45) is 5.04. The van der Waals surface area contributed by atoms with Gasteiger partial charge in [-0.25, -0.2) is 0 Å². The maximum atomic E-state index is 2.84. The van der Waals surface area contributed by atoms with Crippen molar-refractivity contribution in [2.24, 2.45) is 0 Å². The van der Waals surface area contributed by atoms with Crippen molar-refractivity contribution in [1.29, 1.82) is 0 Å². The van der Waals surface area contributed by atoms with Gasteiger partial charge in [-0.2, -0.15) is 0 Å². The normalized spacial score (nSPS) is 13.4. The summed E-state index contributed by atoms with van der Waals surface area (Å²) in [5.74, 6) is 0. The highest BCUT2D eigenvalue weighted by molar-refractivity contribution is 7.18. The van der Waals surface area contributed by atoms with Crippen LogP contribution in [-0.2, 0) is 25.7 Å². The highest BCUT2D eigenvalue weighted by atomic mass is 32.1. The topological polar surface area (TPSA) is 0 Å². The molecule has 0 saturated heterocycles. The Morgan fingerprint density at radius 2 is 0.554 bits per heavy atom. The number of hydrogen-bond acceptors (Lipinski definition) is 2. The minimum Gasteiger partial charge on any atom is -0.143 e. The molecular formula is C50H82S2Si4. The van der Waals surface area contributed by atoms with E-state index in [1.165, 1.54) is 122 Å². The lowest BCUT2D eigenvalue weighted by Gasteiger charge is -2.30. The van der Waals surface area contributed by atoms with Crippen molar-refractivity contribution in [3.8, 4) is 0 Å². The lowest BCUT2D eigenvalue weighted by atomic mass is 9.87. The zero-order valence-corrected chi connectivity index (χ0v) is 44.1. The molecular weight excluding hydrogens is 777 g/mol. The molecule has 0 unspecified atom stereocenters. The Labute approximate surface area is 357 Å². The van der Waals surface area contributed by atoms with Gasteiger partial charge in [0.25, 0.3) is 0 Å². The summed E-state index contributed by atoms with van der Waals surface area (Å²) in [5.41, 5.74) is 6.82. The fourth-order valence-electron chi connectivity index (χ4n) is 11.4. The number of hydrogen-bond donors (Lipinski definition) is 0.